The minimum absolute atomic E-state index is 0.885. The quantitative estimate of drug-likeness (QED) is 0.822. The fourth-order valence-corrected chi connectivity index (χ4v) is 2.50. The molecule has 1 saturated heterocycles. The monoisotopic (exact) mass is 262 g/mol. The van der Waals surface area contributed by atoms with E-state index in [-0.39, 0.29) is 0 Å². The summed E-state index contributed by atoms with van der Waals surface area (Å²) in [7, 11) is 0. The Labute approximate surface area is 116 Å². The molecular weight excluding hydrogens is 236 g/mol. The average molecular weight is 262 g/mol. The fourth-order valence-electron chi connectivity index (χ4n) is 2.50. The molecule has 19 heavy (non-hydrogen) atoms. The van der Waals surface area contributed by atoms with Crippen molar-refractivity contribution in [2.45, 2.75) is 27.3 Å². The van der Waals surface area contributed by atoms with Gasteiger partial charge in [-0.3, -0.25) is 4.90 Å². The molecule has 1 aliphatic rings. The van der Waals surface area contributed by atoms with Gasteiger partial charge < -0.3 is 10.1 Å². The lowest BCUT2D eigenvalue weighted by Crippen LogP contribution is -2.40. The lowest BCUT2D eigenvalue weighted by atomic mass is 10.0. The molecule has 0 saturated carbocycles. The normalized spacial score (nSPS) is 16.8. The highest BCUT2D eigenvalue weighted by molar-refractivity contribution is 5.36. The molecule has 1 aliphatic heterocycles. The first-order valence-corrected chi connectivity index (χ1v) is 7.24. The van der Waals surface area contributed by atoms with E-state index in [0.29, 0.717) is 0 Å². The van der Waals surface area contributed by atoms with Crippen LogP contribution in [0.15, 0.2) is 12.1 Å². The van der Waals surface area contributed by atoms with Crippen LogP contribution in [0.1, 0.15) is 22.3 Å². The summed E-state index contributed by atoms with van der Waals surface area (Å²) in [6, 6.07) is 4.60. The third kappa shape index (κ3) is 4.30. The van der Waals surface area contributed by atoms with Crippen LogP contribution in [0.2, 0.25) is 0 Å². The molecule has 2 rings (SSSR count). The predicted molar refractivity (Wildman–Crippen MR) is 79.6 cm³/mol. The zero-order valence-corrected chi connectivity index (χ0v) is 12.5. The van der Waals surface area contributed by atoms with E-state index in [4.69, 9.17) is 4.74 Å². The number of aryl methyl sites for hydroxylation is 3. The number of benzene rings is 1. The number of nitrogens with one attached hydrogen (secondary N) is 1. The van der Waals surface area contributed by atoms with E-state index < -0.39 is 0 Å². The first-order chi connectivity index (χ1) is 9.16. The second-order valence-corrected chi connectivity index (χ2v) is 5.49. The van der Waals surface area contributed by atoms with Gasteiger partial charge in [0.2, 0.25) is 0 Å². The third-order valence-electron chi connectivity index (χ3n) is 3.98. The van der Waals surface area contributed by atoms with Crippen LogP contribution >= 0.6 is 0 Å². The van der Waals surface area contributed by atoms with Crippen molar-refractivity contribution < 1.29 is 4.74 Å². The van der Waals surface area contributed by atoms with E-state index in [0.717, 1.165) is 45.9 Å². The Bertz CT molecular complexity index is 411. The molecule has 1 fully saturated rings. The van der Waals surface area contributed by atoms with Gasteiger partial charge in [-0.25, -0.2) is 0 Å². The highest BCUT2D eigenvalue weighted by atomic mass is 16.5. The Balaban J connectivity index is 1.74. The second kappa shape index (κ2) is 7.04. The average Bonchev–Trinajstić information content (AvgIpc) is 2.41. The zero-order chi connectivity index (χ0) is 13.7. The van der Waals surface area contributed by atoms with E-state index in [2.05, 4.69) is 43.1 Å². The molecule has 1 heterocycles. The molecule has 0 aromatic heterocycles. The van der Waals surface area contributed by atoms with Crippen molar-refractivity contribution in [2.24, 2.45) is 0 Å². The highest BCUT2D eigenvalue weighted by Crippen LogP contribution is 2.14. The maximum absolute atomic E-state index is 5.35. The Morgan fingerprint density at radius 2 is 1.74 bits per heavy atom. The molecule has 106 valence electrons. The Hall–Kier alpha value is -0.900. The lowest BCUT2D eigenvalue weighted by molar-refractivity contribution is 0.0384. The van der Waals surface area contributed by atoms with Crippen molar-refractivity contribution in [1.29, 1.82) is 0 Å². The largest absolute Gasteiger partial charge is 0.379 e. The molecule has 0 bridgehead atoms. The maximum Gasteiger partial charge on any atom is 0.0594 e. The first kappa shape index (κ1) is 14.5. The highest BCUT2D eigenvalue weighted by Gasteiger charge is 2.09. The standard InChI is InChI=1S/C16H26N2O/c1-13-10-15(3)16(11-14(13)2)12-17-4-5-18-6-8-19-9-7-18/h10-11,17H,4-9,12H2,1-3H3. The molecule has 0 radical (unpaired) electrons. The number of nitrogens with zero attached hydrogens (tertiary/aromatic N) is 1. The number of ether oxygens (including phenoxy) is 1. The predicted octanol–water partition coefficient (Wildman–Crippen LogP) is 2.03. The molecule has 0 aliphatic carbocycles. The van der Waals surface area contributed by atoms with Crippen LogP contribution in [0.5, 0.6) is 0 Å². The van der Waals surface area contributed by atoms with E-state index in [9.17, 15) is 0 Å². The summed E-state index contributed by atoms with van der Waals surface area (Å²) in [5.41, 5.74) is 5.58. The number of hydrogen-bond donors (Lipinski definition) is 1. The van der Waals surface area contributed by atoms with Gasteiger partial charge in [0.15, 0.2) is 0 Å². The number of hydrogen-bond acceptors (Lipinski definition) is 3. The van der Waals surface area contributed by atoms with E-state index in [1.807, 2.05) is 0 Å². The van der Waals surface area contributed by atoms with Crippen molar-refractivity contribution in [1.82, 2.24) is 10.2 Å². The van der Waals surface area contributed by atoms with Crippen LogP contribution in [0.3, 0.4) is 0 Å². The Kier molecular flexibility index (Phi) is 5.37. The van der Waals surface area contributed by atoms with Crippen molar-refractivity contribution in [2.75, 3.05) is 39.4 Å². The van der Waals surface area contributed by atoms with Crippen molar-refractivity contribution >= 4 is 0 Å². The summed E-state index contributed by atoms with van der Waals surface area (Å²) < 4.78 is 5.35. The van der Waals surface area contributed by atoms with Crippen LogP contribution in [-0.2, 0) is 11.3 Å². The molecule has 0 spiro atoms. The summed E-state index contributed by atoms with van der Waals surface area (Å²) >= 11 is 0. The molecular formula is C16H26N2O. The van der Waals surface area contributed by atoms with Gasteiger partial charge in [-0.15, -0.1) is 0 Å². The zero-order valence-electron chi connectivity index (χ0n) is 12.5. The fraction of sp³-hybridized carbons (Fsp3) is 0.625. The summed E-state index contributed by atoms with van der Waals surface area (Å²) in [5.74, 6) is 0. The van der Waals surface area contributed by atoms with Gasteiger partial charge in [0.1, 0.15) is 0 Å². The summed E-state index contributed by atoms with van der Waals surface area (Å²) in [4.78, 5) is 2.46. The van der Waals surface area contributed by atoms with Crippen LogP contribution in [0.25, 0.3) is 0 Å². The Morgan fingerprint density at radius 3 is 2.47 bits per heavy atom. The minimum atomic E-state index is 0.885. The molecule has 1 N–H and O–H groups in total. The van der Waals surface area contributed by atoms with Crippen LogP contribution in [-0.4, -0.2) is 44.3 Å². The third-order valence-corrected chi connectivity index (χ3v) is 3.98. The van der Waals surface area contributed by atoms with Gasteiger partial charge in [0.05, 0.1) is 13.2 Å². The second-order valence-electron chi connectivity index (χ2n) is 5.49. The smallest absolute Gasteiger partial charge is 0.0594 e. The Morgan fingerprint density at radius 1 is 1.05 bits per heavy atom. The van der Waals surface area contributed by atoms with Gasteiger partial charge in [-0.05, 0) is 43.0 Å². The maximum atomic E-state index is 5.35. The molecule has 0 amide bonds. The van der Waals surface area contributed by atoms with E-state index in [1.165, 1.54) is 22.3 Å². The molecule has 3 nitrogen and oxygen atoms in total. The van der Waals surface area contributed by atoms with Crippen molar-refractivity contribution in [3.63, 3.8) is 0 Å². The first-order valence-electron chi connectivity index (χ1n) is 7.24. The van der Waals surface area contributed by atoms with E-state index in [1.54, 1.807) is 0 Å². The summed E-state index contributed by atoms with van der Waals surface area (Å²) in [6.07, 6.45) is 0. The van der Waals surface area contributed by atoms with Gasteiger partial charge >= 0.3 is 0 Å². The summed E-state index contributed by atoms with van der Waals surface area (Å²) in [5, 5.41) is 3.55. The van der Waals surface area contributed by atoms with E-state index >= 15 is 0 Å². The topological polar surface area (TPSA) is 24.5 Å². The molecule has 0 atom stereocenters. The number of rotatable bonds is 5. The summed E-state index contributed by atoms with van der Waals surface area (Å²) in [6.45, 7) is 13.6. The van der Waals surface area contributed by atoms with Gasteiger partial charge in [-0.1, -0.05) is 12.1 Å². The molecule has 0 unspecified atom stereocenters. The van der Waals surface area contributed by atoms with Gasteiger partial charge in [0, 0.05) is 32.7 Å². The van der Waals surface area contributed by atoms with Crippen LogP contribution in [0.4, 0.5) is 0 Å². The van der Waals surface area contributed by atoms with Gasteiger partial charge in [-0.2, -0.15) is 0 Å². The minimum Gasteiger partial charge on any atom is -0.379 e. The van der Waals surface area contributed by atoms with Gasteiger partial charge in [0.25, 0.3) is 0 Å². The van der Waals surface area contributed by atoms with Crippen LogP contribution < -0.4 is 5.32 Å². The molecule has 1 aromatic rings. The van der Waals surface area contributed by atoms with Crippen molar-refractivity contribution in [3.8, 4) is 0 Å². The molecule has 3 heteroatoms. The SMILES string of the molecule is Cc1cc(C)c(CNCCN2CCOCC2)cc1C. The van der Waals surface area contributed by atoms with Crippen LogP contribution in [0, 0.1) is 20.8 Å². The number of morpholine rings is 1. The molecule has 1 aromatic carbocycles. The van der Waals surface area contributed by atoms with Crippen molar-refractivity contribution in [3.05, 3.63) is 34.4 Å². The lowest BCUT2D eigenvalue weighted by Gasteiger charge is -2.26.